The first kappa shape index (κ1) is 19.9. The second-order valence-corrected chi connectivity index (χ2v) is 6.07. The maximum Gasteiger partial charge on any atom is 0.328 e. The third-order valence-corrected chi connectivity index (χ3v) is 4.07. The Labute approximate surface area is 152 Å². The van der Waals surface area contributed by atoms with E-state index >= 15 is 0 Å². The number of benzene rings is 1. The Kier molecular flexibility index (Phi) is 7.11. The molecule has 1 fully saturated rings. The lowest BCUT2D eigenvalue weighted by Gasteiger charge is -2.14. The molecule has 1 unspecified atom stereocenters. The molecule has 26 heavy (non-hydrogen) atoms. The average molecular weight is 363 g/mol. The molecule has 1 saturated heterocycles. The van der Waals surface area contributed by atoms with Gasteiger partial charge in [-0.15, -0.1) is 0 Å². The van der Waals surface area contributed by atoms with Crippen LogP contribution in [0.15, 0.2) is 24.3 Å². The first-order valence-corrected chi connectivity index (χ1v) is 8.68. The van der Waals surface area contributed by atoms with Gasteiger partial charge in [0.2, 0.25) is 0 Å². The van der Waals surface area contributed by atoms with Crippen LogP contribution in [0.5, 0.6) is 0 Å². The Morgan fingerprint density at radius 2 is 1.96 bits per heavy atom. The van der Waals surface area contributed by atoms with Crippen LogP contribution in [0.4, 0.5) is 5.69 Å². The number of carbonyl (C=O) groups is 3. The molecule has 3 atom stereocenters. The van der Waals surface area contributed by atoms with Crippen LogP contribution in [-0.4, -0.2) is 49.2 Å². The van der Waals surface area contributed by atoms with Gasteiger partial charge >= 0.3 is 5.97 Å². The van der Waals surface area contributed by atoms with Gasteiger partial charge in [0.15, 0.2) is 0 Å². The molecule has 0 spiro atoms. The smallest absolute Gasteiger partial charge is 0.328 e. The number of esters is 1. The molecule has 4 N–H and O–H groups in total. The van der Waals surface area contributed by atoms with Crippen molar-refractivity contribution in [3.8, 4) is 0 Å². The molecule has 1 aliphatic rings. The maximum atomic E-state index is 12.2. The molecule has 0 aromatic heterocycles. The maximum absolute atomic E-state index is 12.2. The van der Waals surface area contributed by atoms with Crippen LogP contribution < -0.4 is 16.4 Å². The molecule has 0 saturated carbocycles. The van der Waals surface area contributed by atoms with Crippen LogP contribution in [0, 0.1) is 0 Å². The van der Waals surface area contributed by atoms with Gasteiger partial charge in [0.05, 0.1) is 12.7 Å². The molecule has 8 heteroatoms. The fourth-order valence-corrected chi connectivity index (χ4v) is 2.61. The van der Waals surface area contributed by atoms with Crippen LogP contribution in [0.2, 0.25) is 0 Å². The SMILES string of the molecule is CCOC(=O)C(C)NC(=O)c1ccc(NC(=O)[C@@H]2CC[C@H](CN)O2)cc1. The van der Waals surface area contributed by atoms with Crippen LogP contribution >= 0.6 is 0 Å². The fourth-order valence-electron chi connectivity index (χ4n) is 2.61. The van der Waals surface area contributed by atoms with Crippen molar-refractivity contribution in [2.45, 2.75) is 44.9 Å². The van der Waals surface area contributed by atoms with Crippen molar-refractivity contribution in [1.29, 1.82) is 0 Å². The minimum atomic E-state index is -0.739. The van der Waals surface area contributed by atoms with Crippen molar-refractivity contribution < 1.29 is 23.9 Å². The Morgan fingerprint density at radius 3 is 2.54 bits per heavy atom. The van der Waals surface area contributed by atoms with E-state index in [1.54, 1.807) is 38.1 Å². The Hall–Kier alpha value is -2.45. The van der Waals surface area contributed by atoms with Crippen molar-refractivity contribution in [2.75, 3.05) is 18.5 Å². The lowest BCUT2D eigenvalue weighted by Crippen LogP contribution is -2.39. The van der Waals surface area contributed by atoms with E-state index in [1.807, 2.05) is 0 Å². The van der Waals surface area contributed by atoms with Crippen LogP contribution in [0.1, 0.15) is 37.0 Å². The van der Waals surface area contributed by atoms with Gasteiger partial charge in [0.25, 0.3) is 11.8 Å². The Balaban J connectivity index is 1.88. The number of nitrogens with two attached hydrogens (primary N) is 1. The second kappa shape index (κ2) is 9.30. The molecule has 2 rings (SSSR count). The van der Waals surface area contributed by atoms with Gasteiger partial charge in [-0.2, -0.15) is 0 Å². The summed E-state index contributed by atoms with van der Waals surface area (Å²) in [5.41, 5.74) is 6.47. The summed E-state index contributed by atoms with van der Waals surface area (Å²) >= 11 is 0. The van der Waals surface area contributed by atoms with E-state index in [4.69, 9.17) is 15.2 Å². The molecule has 2 amide bonds. The molecule has 0 aliphatic carbocycles. The standard InChI is InChI=1S/C18H25N3O5/c1-3-25-18(24)11(2)20-16(22)12-4-6-13(7-5-12)21-17(23)15-9-8-14(10-19)26-15/h4-7,11,14-15H,3,8-10,19H2,1-2H3,(H,20,22)(H,21,23)/t11?,14-,15+/m1/s1. The summed E-state index contributed by atoms with van der Waals surface area (Å²) in [6.45, 7) is 3.91. The summed E-state index contributed by atoms with van der Waals surface area (Å²) in [6, 6.07) is 5.65. The highest BCUT2D eigenvalue weighted by atomic mass is 16.5. The Bertz CT molecular complexity index is 647. The highest BCUT2D eigenvalue weighted by Gasteiger charge is 2.29. The summed E-state index contributed by atoms with van der Waals surface area (Å²) < 4.78 is 10.4. The van der Waals surface area contributed by atoms with E-state index in [-0.39, 0.29) is 18.6 Å². The van der Waals surface area contributed by atoms with Gasteiger partial charge in [0, 0.05) is 17.8 Å². The number of nitrogens with one attached hydrogen (secondary N) is 2. The normalized spacial score (nSPS) is 20.3. The van der Waals surface area contributed by atoms with E-state index in [1.165, 1.54) is 0 Å². The molecule has 0 radical (unpaired) electrons. The van der Waals surface area contributed by atoms with Gasteiger partial charge in [-0.05, 0) is 51.0 Å². The molecule has 1 aromatic rings. The van der Waals surface area contributed by atoms with E-state index in [2.05, 4.69) is 10.6 Å². The number of hydrogen-bond donors (Lipinski definition) is 3. The fraction of sp³-hybridized carbons (Fsp3) is 0.500. The second-order valence-electron chi connectivity index (χ2n) is 6.07. The zero-order valence-corrected chi connectivity index (χ0v) is 15.0. The molecule has 8 nitrogen and oxygen atoms in total. The highest BCUT2D eigenvalue weighted by Crippen LogP contribution is 2.20. The average Bonchev–Trinajstić information content (AvgIpc) is 3.11. The molecule has 0 bridgehead atoms. The van der Waals surface area contributed by atoms with E-state index in [9.17, 15) is 14.4 Å². The third-order valence-electron chi connectivity index (χ3n) is 4.07. The van der Waals surface area contributed by atoms with Gasteiger partial charge < -0.3 is 25.8 Å². The molecular formula is C18H25N3O5. The zero-order chi connectivity index (χ0) is 19.1. The monoisotopic (exact) mass is 363 g/mol. The summed E-state index contributed by atoms with van der Waals surface area (Å²) in [5, 5.41) is 5.32. The molecule has 1 heterocycles. The minimum absolute atomic E-state index is 0.0711. The quantitative estimate of drug-likeness (QED) is 0.617. The predicted molar refractivity (Wildman–Crippen MR) is 95.6 cm³/mol. The van der Waals surface area contributed by atoms with Gasteiger partial charge in [0.1, 0.15) is 12.1 Å². The first-order valence-electron chi connectivity index (χ1n) is 8.68. The third kappa shape index (κ3) is 5.27. The number of rotatable bonds is 7. The molecule has 1 aliphatic heterocycles. The largest absolute Gasteiger partial charge is 0.464 e. The number of carbonyl (C=O) groups excluding carboxylic acids is 3. The highest BCUT2D eigenvalue weighted by molar-refractivity contribution is 5.98. The minimum Gasteiger partial charge on any atom is -0.464 e. The lowest BCUT2D eigenvalue weighted by molar-refractivity contribution is -0.144. The predicted octanol–water partition coefficient (Wildman–Crippen LogP) is 0.813. The zero-order valence-electron chi connectivity index (χ0n) is 15.0. The van der Waals surface area contributed by atoms with Gasteiger partial charge in [-0.1, -0.05) is 0 Å². The molecular weight excluding hydrogens is 338 g/mol. The van der Waals surface area contributed by atoms with Crippen molar-refractivity contribution in [1.82, 2.24) is 5.32 Å². The summed E-state index contributed by atoms with van der Waals surface area (Å²) in [7, 11) is 0. The molecule has 142 valence electrons. The number of amides is 2. The first-order chi connectivity index (χ1) is 12.4. The summed E-state index contributed by atoms with van der Waals surface area (Å²) in [4.78, 5) is 35.9. The van der Waals surface area contributed by atoms with Gasteiger partial charge in [-0.3, -0.25) is 9.59 Å². The number of anilines is 1. The van der Waals surface area contributed by atoms with E-state index in [0.29, 0.717) is 24.2 Å². The summed E-state index contributed by atoms with van der Waals surface area (Å²) in [6.07, 6.45) is 0.835. The van der Waals surface area contributed by atoms with Crippen molar-refractivity contribution in [3.05, 3.63) is 29.8 Å². The topological polar surface area (TPSA) is 120 Å². The molecule has 1 aromatic carbocycles. The lowest BCUT2D eigenvalue weighted by atomic mass is 10.1. The van der Waals surface area contributed by atoms with Crippen LogP contribution in [0.25, 0.3) is 0 Å². The van der Waals surface area contributed by atoms with Crippen LogP contribution in [-0.2, 0) is 19.1 Å². The van der Waals surface area contributed by atoms with Crippen molar-refractivity contribution in [2.24, 2.45) is 5.73 Å². The van der Waals surface area contributed by atoms with E-state index < -0.39 is 24.0 Å². The van der Waals surface area contributed by atoms with E-state index in [0.717, 1.165) is 6.42 Å². The van der Waals surface area contributed by atoms with Crippen molar-refractivity contribution >= 4 is 23.5 Å². The van der Waals surface area contributed by atoms with Crippen LogP contribution in [0.3, 0.4) is 0 Å². The summed E-state index contributed by atoms with van der Waals surface area (Å²) in [5.74, 6) is -1.11. The Morgan fingerprint density at radius 1 is 1.27 bits per heavy atom. The number of hydrogen-bond acceptors (Lipinski definition) is 6. The van der Waals surface area contributed by atoms with Crippen molar-refractivity contribution in [3.63, 3.8) is 0 Å². The van der Waals surface area contributed by atoms with Gasteiger partial charge in [-0.25, -0.2) is 4.79 Å². The number of ether oxygens (including phenoxy) is 2.